The number of fused-ring (bicyclic) bond motifs is 1. The van der Waals surface area contributed by atoms with Gasteiger partial charge in [0, 0.05) is 13.1 Å². The summed E-state index contributed by atoms with van der Waals surface area (Å²) in [4.78, 5) is 24.7. The number of hydrogen-bond acceptors (Lipinski definition) is 5. The molecule has 2 aromatic heterocycles. The van der Waals surface area contributed by atoms with Crippen LogP contribution in [0.15, 0.2) is 17.8 Å². The Bertz CT molecular complexity index is 665. The Labute approximate surface area is 117 Å². The monoisotopic (exact) mass is 293 g/mol. The van der Waals surface area contributed by atoms with Crippen LogP contribution in [0.4, 0.5) is 9.80 Å². The molecule has 0 unspecified atom stereocenters. The van der Waals surface area contributed by atoms with Gasteiger partial charge in [0.2, 0.25) is 0 Å². The Balaban J connectivity index is 1.71. The number of amides is 2. The average molecular weight is 293 g/mol. The van der Waals surface area contributed by atoms with Crippen molar-refractivity contribution in [3.8, 4) is 0 Å². The number of carbonyl (C=O) groups is 2. The highest BCUT2D eigenvalue weighted by Gasteiger charge is 2.23. The van der Waals surface area contributed by atoms with Gasteiger partial charge in [-0.2, -0.15) is 0 Å². The molecule has 2 aromatic rings. The van der Waals surface area contributed by atoms with E-state index in [1.807, 2.05) is 4.57 Å². The van der Waals surface area contributed by atoms with E-state index in [0.29, 0.717) is 24.6 Å². The predicted octanol–water partition coefficient (Wildman–Crippen LogP) is 1.09. The Kier molecular flexibility index (Phi) is 3.11. The highest BCUT2D eigenvalue weighted by molar-refractivity contribution is 7.14. The minimum absolute atomic E-state index is 0.100. The molecule has 9 heteroatoms. The maximum absolute atomic E-state index is 12.1. The number of hydrogen-bond donors (Lipinski definition) is 2. The number of carboxylic acids is 1. The largest absolute Gasteiger partial charge is 0.478 e. The van der Waals surface area contributed by atoms with Crippen molar-refractivity contribution in [1.29, 1.82) is 0 Å². The molecule has 104 valence electrons. The Morgan fingerprint density at radius 2 is 2.25 bits per heavy atom. The van der Waals surface area contributed by atoms with Gasteiger partial charge in [-0.3, -0.25) is 5.32 Å². The summed E-state index contributed by atoms with van der Waals surface area (Å²) in [5.41, 5.74) is 0.100. The number of thiophene rings is 1. The second kappa shape index (κ2) is 4.93. The predicted molar refractivity (Wildman–Crippen MR) is 70.7 cm³/mol. The highest BCUT2D eigenvalue weighted by Crippen LogP contribution is 2.24. The first-order valence-electron chi connectivity index (χ1n) is 5.88. The number of anilines is 1. The Hall–Kier alpha value is -2.42. The zero-order valence-corrected chi connectivity index (χ0v) is 11.1. The lowest BCUT2D eigenvalue weighted by Crippen LogP contribution is -2.40. The minimum Gasteiger partial charge on any atom is -0.478 e. The summed E-state index contributed by atoms with van der Waals surface area (Å²) in [5.74, 6) is -0.337. The fourth-order valence-electron chi connectivity index (χ4n) is 1.99. The summed E-state index contributed by atoms with van der Waals surface area (Å²) in [6.07, 6.45) is 1.63. The van der Waals surface area contributed by atoms with Crippen LogP contribution in [0.5, 0.6) is 0 Å². The third kappa shape index (κ3) is 2.23. The van der Waals surface area contributed by atoms with Crippen LogP contribution in [0.3, 0.4) is 0 Å². The van der Waals surface area contributed by atoms with E-state index in [0.717, 1.165) is 5.82 Å². The SMILES string of the molecule is O=C(O)c1ccsc1NC(=O)N1CCn2cnnc2C1. The van der Waals surface area contributed by atoms with Crippen molar-refractivity contribution < 1.29 is 14.7 Å². The summed E-state index contributed by atoms with van der Waals surface area (Å²) >= 11 is 1.18. The van der Waals surface area contributed by atoms with Crippen molar-refractivity contribution in [3.05, 3.63) is 29.2 Å². The molecule has 0 spiro atoms. The highest BCUT2D eigenvalue weighted by atomic mass is 32.1. The smallest absolute Gasteiger partial charge is 0.338 e. The van der Waals surface area contributed by atoms with Crippen molar-refractivity contribution >= 4 is 28.3 Å². The van der Waals surface area contributed by atoms with Crippen LogP contribution in [-0.2, 0) is 13.1 Å². The number of nitrogens with zero attached hydrogens (tertiary/aromatic N) is 4. The summed E-state index contributed by atoms with van der Waals surface area (Å²) in [6, 6.07) is 1.14. The summed E-state index contributed by atoms with van der Waals surface area (Å²) in [6.45, 7) is 1.52. The summed E-state index contributed by atoms with van der Waals surface area (Å²) in [7, 11) is 0. The van der Waals surface area contributed by atoms with Crippen molar-refractivity contribution in [1.82, 2.24) is 19.7 Å². The van der Waals surface area contributed by atoms with E-state index in [1.54, 1.807) is 16.6 Å². The number of rotatable bonds is 2. The number of carboxylic acid groups (broad SMARTS) is 1. The van der Waals surface area contributed by atoms with Gasteiger partial charge in [-0.25, -0.2) is 9.59 Å². The lowest BCUT2D eigenvalue weighted by molar-refractivity contribution is 0.0698. The van der Waals surface area contributed by atoms with E-state index in [9.17, 15) is 9.59 Å². The number of nitrogens with one attached hydrogen (secondary N) is 1. The van der Waals surface area contributed by atoms with E-state index in [2.05, 4.69) is 15.5 Å². The van der Waals surface area contributed by atoms with Crippen LogP contribution in [0, 0.1) is 0 Å². The van der Waals surface area contributed by atoms with Gasteiger partial charge in [0.25, 0.3) is 0 Å². The van der Waals surface area contributed by atoms with Gasteiger partial charge in [-0.05, 0) is 11.4 Å². The molecule has 0 fully saturated rings. The van der Waals surface area contributed by atoms with Gasteiger partial charge in [0.1, 0.15) is 11.3 Å². The van der Waals surface area contributed by atoms with Crippen molar-refractivity contribution in [2.75, 3.05) is 11.9 Å². The molecule has 2 amide bonds. The number of aromatic nitrogens is 3. The zero-order chi connectivity index (χ0) is 14.1. The summed E-state index contributed by atoms with van der Waals surface area (Å²) in [5, 5.41) is 21.3. The third-order valence-electron chi connectivity index (χ3n) is 3.04. The third-order valence-corrected chi connectivity index (χ3v) is 3.87. The molecule has 20 heavy (non-hydrogen) atoms. The molecule has 0 radical (unpaired) electrons. The molecule has 0 aromatic carbocycles. The second-order valence-electron chi connectivity index (χ2n) is 4.26. The van der Waals surface area contributed by atoms with Crippen molar-refractivity contribution in [3.63, 3.8) is 0 Å². The molecule has 0 bridgehead atoms. The molecular weight excluding hydrogens is 282 g/mol. The molecule has 3 heterocycles. The van der Waals surface area contributed by atoms with Gasteiger partial charge < -0.3 is 14.6 Å². The fraction of sp³-hybridized carbons (Fsp3) is 0.273. The normalized spacial score (nSPS) is 13.9. The zero-order valence-electron chi connectivity index (χ0n) is 10.3. The van der Waals surface area contributed by atoms with Gasteiger partial charge in [0.15, 0.2) is 5.82 Å². The molecule has 3 rings (SSSR count). The van der Waals surface area contributed by atoms with Crippen molar-refractivity contribution in [2.45, 2.75) is 13.1 Å². The van der Waals surface area contributed by atoms with E-state index in [4.69, 9.17) is 5.11 Å². The van der Waals surface area contributed by atoms with E-state index < -0.39 is 5.97 Å². The first kappa shape index (κ1) is 12.6. The van der Waals surface area contributed by atoms with Crippen LogP contribution in [0.1, 0.15) is 16.2 Å². The lowest BCUT2D eigenvalue weighted by atomic mass is 10.3. The molecule has 2 N–H and O–H groups in total. The molecule has 0 atom stereocenters. The first-order valence-corrected chi connectivity index (χ1v) is 6.76. The van der Waals surface area contributed by atoms with Crippen LogP contribution < -0.4 is 5.32 Å². The van der Waals surface area contributed by atoms with Gasteiger partial charge in [0.05, 0.1) is 12.1 Å². The Morgan fingerprint density at radius 3 is 3.05 bits per heavy atom. The quantitative estimate of drug-likeness (QED) is 0.863. The lowest BCUT2D eigenvalue weighted by Gasteiger charge is -2.27. The average Bonchev–Trinajstić information content (AvgIpc) is 3.05. The van der Waals surface area contributed by atoms with E-state index >= 15 is 0 Å². The van der Waals surface area contributed by atoms with Gasteiger partial charge in [-0.15, -0.1) is 21.5 Å². The van der Waals surface area contributed by atoms with Crippen LogP contribution in [0.2, 0.25) is 0 Å². The van der Waals surface area contributed by atoms with Gasteiger partial charge in [-0.1, -0.05) is 0 Å². The summed E-state index contributed by atoms with van der Waals surface area (Å²) < 4.78 is 1.89. The molecule has 0 saturated heterocycles. The second-order valence-corrected chi connectivity index (χ2v) is 5.18. The number of urea groups is 1. The van der Waals surface area contributed by atoms with Crippen LogP contribution in [-0.4, -0.2) is 43.3 Å². The molecular formula is C11H11N5O3S. The standard InChI is InChI=1S/C11H11N5O3S/c17-10(18)7-1-4-20-9(7)13-11(19)15-2-3-16-6-12-14-8(16)5-15/h1,4,6H,2-3,5H2,(H,13,19)(H,17,18). The maximum atomic E-state index is 12.1. The van der Waals surface area contributed by atoms with Gasteiger partial charge >= 0.3 is 12.0 Å². The number of aromatic carboxylic acids is 1. The maximum Gasteiger partial charge on any atom is 0.338 e. The van der Waals surface area contributed by atoms with E-state index in [1.165, 1.54) is 17.4 Å². The van der Waals surface area contributed by atoms with Crippen LogP contribution in [0.25, 0.3) is 0 Å². The molecule has 1 aliphatic rings. The minimum atomic E-state index is -1.06. The molecule has 0 aliphatic carbocycles. The molecule has 0 saturated carbocycles. The topological polar surface area (TPSA) is 100 Å². The molecule has 8 nitrogen and oxygen atoms in total. The first-order chi connectivity index (χ1) is 9.65. The molecule has 1 aliphatic heterocycles. The number of carbonyl (C=O) groups excluding carboxylic acids is 1. The fourth-order valence-corrected chi connectivity index (χ4v) is 2.76. The van der Waals surface area contributed by atoms with E-state index in [-0.39, 0.29) is 11.6 Å². The van der Waals surface area contributed by atoms with Crippen molar-refractivity contribution in [2.24, 2.45) is 0 Å². The Morgan fingerprint density at radius 1 is 1.40 bits per heavy atom. The van der Waals surface area contributed by atoms with Crippen LogP contribution >= 0.6 is 11.3 Å².